The van der Waals surface area contributed by atoms with Crippen LogP contribution in [0.25, 0.3) is 0 Å². The van der Waals surface area contributed by atoms with Gasteiger partial charge in [0.2, 0.25) is 0 Å². The van der Waals surface area contributed by atoms with Crippen LogP contribution in [0.15, 0.2) is 0 Å². The maximum Gasteiger partial charge on any atom is 0.406 e. The SMILES string of the molecule is CC1CN(C(=O)N2CCC(C(=O)O)(C(F)(F)F)C2)CC1C. The van der Waals surface area contributed by atoms with Gasteiger partial charge in [-0.25, -0.2) is 4.79 Å². The highest BCUT2D eigenvalue weighted by Gasteiger charge is 2.64. The molecule has 0 bridgehead atoms. The van der Waals surface area contributed by atoms with E-state index in [-0.39, 0.29) is 6.54 Å². The molecule has 3 unspecified atom stereocenters. The summed E-state index contributed by atoms with van der Waals surface area (Å²) >= 11 is 0. The van der Waals surface area contributed by atoms with E-state index in [4.69, 9.17) is 5.11 Å². The van der Waals surface area contributed by atoms with Gasteiger partial charge in [0, 0.05) is 26.2 Å². The number of rotatable bonds is 1. The van der Waals surface area contributed by atoms with Crippen molar-refractivity contribution in [3.8, 4) is 0 Å². The molecule has 2 aliphatic rings. The number of aliphatic carboxylic acids is 1. The summed E-state index contributed by atoms with van der Waals surface area (Å²) in [7, 11) is 0. The van der Waals surface area contributed by atoms with Crippen LogP contribution < -0.4 is 0 Å². The standard InChI is InChI=1S/C13H19F3N2O3/c1-8-5-18(6-9(8)2)11(21)17-4-3-12(7-17,10(19)20)13(14,15)16/h8-9H,3-7H2,1-2H3,(H,19,20). The fourth-order valence-electron chi connectivity index (χ4n) is 2.99. The minimum atomic E-state index is -4.86. The Labute approximate surface area is 120 Å². The molecule has 8 heteroatoms. The smallest absolute Gasteiger partial charge is 0.406 e. The van der Waals surface area contributed by atoms with Crippen LogP contribution in [0.1, 0.15) is 20.3 Å². The topological polar surface area (TPSA) is 60.9 Å². The summed E-state index contributed by atoms with van der Waals surface area (Å²) in [5.41, 5.74) is -2.83. The lowest BCUT2D eigenvalue weighted by Crippen LogP contribution is -2.49. The van der Waals surface area contributed by atoms with Gasteiger partial charge in [-0.1, -0.05) is 13.8 Å². The molecule has 0 aromatic carbocycles. The zero-order valence-corrected chi connectivity index (χ0v) is 12.0. The Bertz CT molecular complexity index is 444. The van der Waals surface area contributed by atoms with E-state index in [0.29, 0.717) is 24.9 Å². The van der Waals surface area contributed by atoms with Crippen LogP contribution in [0.2, 0.25) is 0 Å². The van der Waals surface area contributed by atoms with Crippen molar-refractivity contribution < 1.29 is 27.9 Å². The second kappa shape index (κ2) is 5.06. The maximum atomic E-state index is 13.1. The van der Waals surface area contributed by atoms with Gasteiger partial charge in [-0.05, 0) is 18.3 Å². The first kappa shape index (κ1) is 15.9. The molecule has 0 saturated carbocycles. The molecule has 2 amide bonds. The normalized spacial score (nSPS) is 33.6. The summed E-state index contributed by atoms with van der Waals surface area (Å²) in [6.45, 7) is 4.00. The van der Waals surface area contributed by atoms with Gasteiger partial charge in [-0.3, -0.25) is 4.79 Å². The van der Waals surface area contributed by atoms with E-state index in [1.807, 2.05) is 13.8 Å². The summed E-state index contributed by atoms with van der Waals surface area (Å²) in [6, 6.07) is -0.487. The molecule has 0 aromatic heterocycles. The van der Waals surface area contributed by atoms with E-state index in [0.717, 1.165) is 4.90 Å². The van der Waals surface area contributed by atoms with Crippen molar-refractivity contribution >= 4 is 12.0 Å². The van der Waals surface area contributed by atoms with Crippen LogP contribution in [0.3, 0.4) is 0 Å². The monoisotopic (exact) mass is 308 g/mol. The van der Waals surface area contributed by atoms with E-state index in [9.17, 15) is 22.8 Å². The number of halogens is 3. The average Bonchev–Trinajstić information content (AvgIpc) is 2.94. The summed E-state index contributed by atoms with van der Waals surface area (Å²) in [5.74, 6) is -1.32. The molecule has 0 spiro atoms. The largest absolute Gasteiger partial charge is 0.481 e. The number of carbonyl (C=O) groups excluding carboxylic acids is 1. The van der Waals surface area contributed by atoms with Crippen LogP contribution in [-0.2, 0) is 4.79 Å². The van der Waals surface area contributed by atoms with Crippen molar-refractivity contribution in [2.24, 2.45) is 17.3 Å². The lowest BCUT2D eigenvalue weighted by molar-refractivity contribution is -0.227. The Morgan fingerprint density at radius 1 is 1.14 bits per heavy atom. The van der Waals surface area contributed by atoms with Crippen LogP contribution in [-0.4, -0.2) is 59.3 Å². The first-order valence-corrected chi connectivity index (χ1v) is 6.92. The number of carboxylic acids is 1. The molecular formula is C13H19F3N2O3. The minimum absolute atomic E-state index is 0.177. The van der Waals surface area contributed by atoms with Crippen LogP contribution in [0.5, 0.6) is 0 Å². The lowest BCUT2D eigenvalue weighted by Gasteiger charge is -2.29. The first-order valence-electron chi connectivity index (χ1n) is 6.92. The molecule has 120 valence electrons. The van der Waals surface area contributed by atoms with Gasteiger partial charge in [0.15, 0.2) is 5.41 Å². The van der Waals surface area contributed by atoms with Crippen molar-refractivity contribution in [1.29, 1.82) is 0 Å². The summed E-state index contributed by atoms with van der Waals surface area (Å²) in [4.78, 5) is 25.9. The average molecular weight is 308 g/mol. The van der Waals surface area contributed by atoms with Crippen molar-refractivity contribution in [1.82, 2.24) is 9.80 Å². The van der Waals surface area contributed by atoms with E-state index < -0.39 is 36.6 Å². The fraction of sp³-hybridized carbons (Fsp3) is 0.846. The zero-order chi connectivity index (χ0) is 16.0. The van der Waals surface area contributed by atoms with Gasteiger partial charge in [0.25, 0.3) is 0 Å². The third-order valence-electron chi connectivity index (χ3n) is 4.75. The number of hydrogen-bond acceptors (Lipinski definition) is 2. The fourth-order valence-corrected chi connectivity index (χ4v) is 2.99. The number of nitrogens with zero attached hydrogens (tertiary/aromatic N) is 2. The highest BCUT2D eigenvalue weighted by atomic mass is 19.4. The number of carboxylic acid groups (broad SMARTS) is 1. The molecule has 2 aliphatic heterocycles. The van der Waals surface area contributed by atoms with Crippen molar-refractivity contribution in [3.63, 3.8) is 0 Å². The minimum Gasteiger partial charge on any atom is -0.481 e. The van der Waals surface area contributed by atoms with Crippen molar-refractivity contribution in [3.05, 3.63) is 0 Å². The van der Waals surface area contributed by atoms with Gasteiger partial charge in [-0.15, -0.1) is 0 Å². The summed E-state index contributed by atoms with van der Waals surface area (Å²) < 4.78 is 39.2. The highest BCUT2D eigenvalue weighted by Crippen LogP contribution is 2.46. The van der Waals surface area contributed by atoms with E-state index in [1.165, 1.54) is 4.90 Å². The van der Waals surface area contributed by atoms with Gasteiger partial charge in [0.05, 0.1) is 0 Å². The number of alkyl halides is 3. The van der Waals surface area contributed by atoms with E-state index >= 15 is 0 Å². The zero-order valence-electron chi connectivity index (χ0n) is 12.0. The number of amides is 2. The predicted molar refractivity (Wildman–Crippen MR) is 67.6 cm³/mol. The number of hydrogen-bond donors (Lipinski definition) is 1. The van der Waals surface area contributed by atoms with Gasteiger partial charge in [-0.2, -0.15) is 13.2 Å². The van der Waals surface area contributed by atoms with Crippen molar-refractivity contribution in [2.75, 3.05) is 26.2 Å². The van der Waals surface area contributed by atoms with E-state index in [1.54, 1.807) is 0 Å². The van der Waals surface area contributed by atoms with Gasteiger partial charge < -0.3 is 14.9 Å². The summed E-state index contributed by atoms with van der Waals surface area (Å²) in [5, 5.41) is 8.98. The van der Waals surface area contributed by atoms with Crippen LogP contribution in [0, 0.1) is 17.3 Å². The molecular weight excluding hydrogens is 289 g/mol. The maximum absolute atomic E-state index is 13.1. The van der Waals surface area contributed by atoms with Crippen molar-refractivity contribution in [2.45, 2.75) is 26.4 Å². The molecule has 2 fully saturated rings. The molecule has 2 heterocycles. The molecule has 21 heavy (non-hydrogen) atoms. The Hall–Kier alpha value is -1.47. The van der Waals surface area contributed by atoms with E-state index in [2.05, 4.69) is 0 Å². The van der Waals surface area contributed by atoms with Crippen LogP contribution >= 0.6 is 0 Å². The molecule has 2 rings (SSSR count). The third kappa shape index (κ3) is 2.55. The van der Waals surface area contributed by atoms with Gasteiger partial charge >= 0.3 is 18.2 Å². The number of carbonyl (C=O) groups is 2. The molecule has 0 radical (unpaired) electrons. The molecule has 0 aromatic rings. The molecule has 5 nitrogen and oxygen atoms in total. The van der Waals surface area contributed by atoms with Crippen LogP contribution in [0.4, 0.5) is 18.0 Å². The highest BCUT2D eigenvalue weighted by molar-refractivity contribution is 5.80. The Kier molecular flexibility index (Phi) is 3.84. The number of urea groups is 1. The quantitative estimate of drug-likeness (QED) is 0.806. The Morgan fingerprint density at radius 3 is 2.05 bits per heavy atom. The molecule has 3 atom stereocenters. The Balaban J connectivity index is 2.11. The molecule has 0 aliphatic carbocycles. The molecule has 1 N–H and O–H groups in total. The number of likely N-dealkylation sites (tertiary alicyclic amines) is 2. The second-order valence-electron chi connectivity index (χ2n) is 6.20. The third-order valence-corrected chi connectivity index (χ3v) is 4.75. The first-order chi connectivity index (χ1) is 9.58. The predicted octanol–water partition coefficient (Wildman–Crippen LogP) is 2.03. The Morgan fingerprint density at radius 2 is 1.67 bits per heavy atom. The lowest BCUT2D eigenvalue weighted by atomic mass is 9.86. The second-order valence-corrected chi connectivity index (χ2v) is 6.20. The van der Waals surface area contributed by atoms with Gasteiger partial charge in [0.1, 0.15) is 0 Å². The molecule has 2 saturated heterocycles. The summed E-state index contributed by atoms with van der Waals surface area (Å²) in [6.07, 6.45) is -5.45.